The number of benzene rings is 2. The number of esters is 1. The Morgan fingerprint density at radius 1 is 1.24 bits per heavy atom. The Bertz CT molecular complexity index is 966. The van der Waals surface area contributed by atoms with Crippen molar-refractivity contribution in [1.29, 1.82) is 0 Å². The van der Waals surface area contributed by atoms with Crippen LogP contribution in [-0.4, -0.2) is 28.7 Å². The lowest BCUT2D eigenvalue weighted by Gasteiger charge is -2.20. The van der Waals surface area contributed by atoms with Crippen molar-refractivity contribution in [2.24, 2.45) is 0 Å². The van der Waals surface area contributed by atoms with Gasteiger partial charge in [0.25, 0.3) is 11.6 Å². The highest BCUT2D eigenvalue weighted by Crippen LogP contribution is 2.28. The summed E-state index contributed by atoms with van der Waals surface area (Å²) in [6, 6.07) is 11.3. The normalized spacial score (nSPS) is 16.6. The third kappa shape index (κ3) is 4.88. The molecule has 2 aromatic rings. The van der Waals surface area contributed by atoms with Gasteiger partial charge in [-0.2, -0.15) is 0 Å². The summed E-state index contributed by atoms with van der Waals surface area (Å²) < 4.78 is 5.38. The van der Waals surface area contributed by atoms with E-state index < -0.39 is 28.9 Å². The quantitative estimate of drug-likeness (QED) is 0.422. The molecule has 0 aromatic heterocycles. The Balaban J connectivity index is 1.81. The lowest BCUT2D eigenvalue weighted by Crippen LogP contribution is -2.37. The molecule has 29 heavy (non-hydrogen) atoms. The van der Waals surface area contributed by atoms with E-state index >= 15 is 0 Å². The Morgan fingerprint density at radius 2 is 1.97 bits per heavy atom. The maximum Gasteiger partial charge on any atom is 0.329 e. The molecule has 9 nitrogen and oxygen atoms in total. The molecule has 1 saturated heterocycles. The summed E-state index contributed by atoms with van der Waals surface area (Å²) in [5.74, 6) is -1.70. The van der Waals surface area contributed by atoms with Crippen LogP contribution in [0.15, 0.2) is 48.5 Å². The van der Waals surface area contributed by atoms with Crippen molar-refractivity contribution in [3.8, 4) is 0 Å². The number of amides is 2. The number of carbonyl (C=O) groups is 3. The van der Waals surface area contributed by atoms with Gasteiger partial charge in [-0.05, 0) is 18.6 Å². The van der Waals surface area contributed by atoms with Crippen LogP contribution in [0.5, 0.6) is 0 Å². The number of rotatable bonds is 6. The molecule has 3 rings (SSSR count). The Labute approximate surface area is 170 Å². The number of nitro benzene ring substituents is 1. The summed E-state index contributed by atoms with van der Waals surface area (Å²) in [5.41, 5.74) is 0.162. The van der Waals surface area contributed by atoms with Crippen molar-refractivity contribution in [3.05, 3.63) is 69.2 Å². The molecule has 1 aliphatic heterocycles. The zero-order valence-electron chi connectivity index (χ0n) is 15.0. The Morgan fingerprint density at radius 3 is 2.59 bits per heavy atom. The third-order valence-corrected chi connectivity index (χ3v) is 4.58. The van der Waals surface area contributed by atoms with Crippen LogP contribution in [0.25, 0.3) is 0 Å². The zero-order chi connectivity index (χ0) is 21.0. The second-order valence-corrected chi connectivity index (χ2v) is 6.71. The van der Waals surface area contributed by atoms with E-state index in [1.165, 1.54) is 12.1 Å². The van der Waals surface area contributed by atoms with Gasteiger partial charge in [-0.15, -0.1) is 0 Å². The molecule has 0 spiro atoms. The van der Waals surface area contributed by atoms with Gasteiger partial charge in [-0.25, -0.2) is 4.79 Å². The van der Waals surface area contributed by atoms with Crippen molar-refractivity contribution in [2.75, 3.05) is 5.32 Å². The molecule has 150 valence electrons. The number of nitro groups is 1. The number of nitrogens with zero attached hydrogens (tertiary/aromatic N) is 1. The molecule has 2 N–H and O–H groups in total. The van der Waals surface area contributed by atoms with Crippen LogP contribution < -0.4 is 10.6 Å². The van der Waals surface area contributed by atoms with Crippen LogP contribution in [0.2, 0.25) is 5.02 Å². The molecule has 0 bridgehead atoms. The Hall–Kier alpha value is -3.46. The van der Waals surface area contributed by atoms with Crippen molar-refractivity contribution in [3.63, 3.8) is 0 Å². The predicted octanol–water partition coefficient (Wildman–Crippen LogP) is 2.75. The molecule has 2 atom stereocenters. The Kier molecular flexibility index (Phi) is 6.08. The van der Waals surface area contributed by atoms with Crippen LogP contribution in [0.4, 0.5) is 11.4 Å². The highest BCUT2D eigenvalue weighted by molar-refractivity contribution is 6.32. The minimum absolute atomic E-state index is 0.0731. The summed E-state index contributed by atoms with van der Waals surface area (Å²) >= 11 is 5.78. The summed E-state index contributed by atoms with van der Waals surface area (Å²) in [5, 5.41) is 16.0. The number of hydrogen-bond donors (Lipinski definition) is 2. The molecular formula is C19H16ClN3O6. The summed E-state index contributed by atoms with van der Waals surface area (Å²) in [6.07, 6.45) is -0.823. The van der Waals surface area contributed by atoms with Gasteiger partial charge < -0.3 is 15.4 Å². The van der Waals surface area contributed by atoms with Crippen LogP contribution in [0, 0.1) is 10.1 Å². The number of anilines is 1. The zero-order valence-corrected chi connectivity index (χ0v) is 15.7. The smallest absolute Gasteiger partial charge is 0.329 e. The molecule has 2 amide bonds. The van der Waals surface area contributed by atoms with E-state index in [2.05, 4.69) is 10.6 Å². The number of hydrogen-bond acceptors (Lipinski definition) is 6. The lowest BCUT2D eigenvalue weighted by atomic mass is 10.1. The lowest BCUT2D eigenvalue weighted by molar-refractivity contribution is -0.384. The predicted molar refractivity (Wildman–Crippen MR) is 103 cm³/mol. The van der Waals surface area contributed by atoms with E-state index in [1.54, 1.807) is 30.3 Å². The monoisotopic (exact) mass is 417 g/mol. The van der Waals surface area contributed by atoms with Crippen LogP contribution >= 0.6 is 11.6 Å². The van der Waals surface area contributed by atoms with Crippen LogP contribution in [-0.2, 0) is 19.1 Å². The van der Waals surface area contributed by atoms with Crippen molar-refractivity contribution < 1.29 is 24.0 Å². The highest BCUT2D eigenvalue weighted by atomic mass is 35.5. The van der Waals surface area contributed by atoms with E-state index in [1.807, 2.05) is 0 Å². The highest BCUT2D eigenvalue weighted by Gasteiger charge is 2.33. The number of ether oxygens (including phenoxy) is 1. The van der Waals surface area contributed by atoms with Crippen molar-refractivity contribution in [1.82, 2.24) is 5.32 Å². The maximum absolute atomic E-state index is 12.8. The first-order valence-corrected chi connectivity index (χ1v) is 9.02. The molecule has 1 fully saturated rings. The molecule has 0 aliphatic carbocycles. The number of halogens is 1. The van der Waals surface area contributed by atoms with Gasteiger partial charge in [-0.3, -0.25) is 19.7 Å². The van der Waals surface area contributed by atoms with E-state index in [0.717, 1.165) is 6.07 Å². The van der Waals surface area contributed by atoms with E-state index in [9.17, 15) is 24.5 Å². The fourth-order valence-electron chi connectivity index (χ4n) is 2.83. The van der Waals surface area contributed by atoms with Crippen molar-refractivity contribution >= 4 is 40.8 Å². The van der Waals surface area contributed by atoms with Gasteiger partial charge in [0.15, 0.2) is 0 Å². The minimum Gasteiger partial charge on any atom is -0.446 e. The number of nitrogens with one attached hydrogen (secondary N) is 2. The van der Waals surface area contributed by atoms with Gasteiger partial charge in [-0.1, -0.05) is 41.9 Å². The standard InChI is InChI=1S/C19H16ClN3O6/c20-13-7-6-12(10-15(13)23(27)28)21-18(25)17(11-4-2-1-3-5-11)29-19(26)14-8-9-16(24)22-14/h1-7,10,14,17H,8-9H2,(H,21,25)(H,22,24). The van der Waals surface area contributed by atoms with Gasteiger partial charge in [0.05, 0.1) is 4.92 Å². The van der Waals surface area contributed by atoms with Gasteiger partial charge in [0.2, 0.25) is 12.0 Å². The van der Waals surface area contributed by atoms with Crippen molar-refractivity contribution in [2.45, 2.75) is 25.0 Å². The average molecular weight is 418 g/mol. The molecule has 1 heterocycles. The first-order chi connectivity index (χ1) is 13.8. The van der Waals surface area contributed by atoms with Gasteiger partial charge >= 0.3 is 5.97 Å². The third-order valence-electron chi connectivity index (χ3n) is 4.26. The number of carbonyl (C=O) groups excluding carboxylic acids is 3. The van der Waals surface area contributed by atoms with Crippen LogP contribution in [0.1, 0.15) is 24.5 Å². The van der Waals surface area contributed by atoms with Gasteiger partial charge in [0.1, 0.15) is 11.1 Å². The second kappa shape index (κ2) is 8.70. The maximum atomic E-state index is 12.8. The molecule has 10 heteroatoms. The second-order valence-electron chi connectivity index (χ2n) is 6.30. The van der Waals surface area contributed by atoms with E-state index in [0.29, 0.717) is 5.56 Å². The fourth-order valence-corrected chi connectivity index (χ4v) is 3.01. The average Bonchev–Trinajstić information content (AvgIpc) is 3.14. The van der Waals surface area contributed by atoms with Crippen LogP contribution in [0.3, 0.4) is 0 Å². The minimum atomic E-state index is -1.31. The SMILES string of the molecule is O=C1CCC(C(=O)OC(C(=O)Nc2ccc(Cl)c([N+](=O)[O-])c2)c2ccccc2)N1. The molecule has 1 aliphatic rings. The summed E-state index contributed by atoms with van der Waals surface area (Å²) in [6.45, 7) is 0. The molecule has 2 aromatic carbocycles. The molecule has 0 saturated carbocycles. The largest absolute Gasteiger partial charge is 0.446 e. The topological polar surface area (TPSA) is 128 Å². The fraction of sp³-hybridized carbons (Fsp3) is 0.211. The first kappa shape index (κ1) is 20.3. The summed E-state index contributed by atoms with van der Waals surface area (Å²) in [4.78, 5) is 46.9. The van der Waals surface area contributed by atoms with E-state index in [4.69, 9.17) is 16.3 Å². The van der Waals surface area contributed by atoms with E-state index in [-0.39, 0.29) is 35.1 Å². The van der Waals surface area contributed by atoms with Gasteiger partial charge in [0, 0.05) is 23.7 Å². The first-order valence-electron chi connectivity index (χ1n) is 8.65. The molecular weight excluding hydrogens is 402 g/mol. The molecule has 2 unspecified atom stereocenters. The summed E-state index contributed by atoms with van der Waals surface area (Å²) in [7, 11) is 0. The molecule has 0 radical (unpaired) electrons.